The van der Waals surface area contributed by atoms with E-state index in [1.807, 2.05) is 11.3 Å². The van der Waals surface area contributed by atoms with E-state index in [9.17, 15) is 0 Å². The van der Waals surface area contributed by atoms with Gasteiger partial charge in [0, 0.05) is 35.3 Å². The van der Waals surface area contributed by atoms with Gasteiger partial charge >= 0.3 is 0 Å². The molecule has 126 valence electrons. The lowest BCUT2D eigenvalue weighted by Crippen LogP contribution is -2.38. The van der Waals surface area contributed by atoms with Crippen molar-refractivity contribution in [3.63, 3.8) is 0 Å². The van der Waals surface area contributed by atoms with Gasteiger partial charge < -0.3 is 9.47 Å². The number of benzene rings is 1. The lowest BCUT2D eigenvalue weighted by atomic mass is 9.86. The van der Waals surface area contributed by atoms with Crippen molar-refractivity contribution in [2.75, 3.05) is 13.3 Å². The highest BCUT2D eigenvalue weighted by Gasteiger charge is 2.34. The van der Waals surface area contributed by atoms with Crippen LogP contribution in [0.3, 0.4) is 0 Å². The van der Waals surface area contributed by atoms with Crippen molar-refractivity contribution in [1.82, 2.24) is 4.90 Å². The van der Waals surface area contributed by atoms with Gasteiger partial charge in [0.05, 0.1) is 0 Å². The Kier molecular flexibility index (Phi) is 3.39. The second kappa shape index (κ2) is 5.50. The first-order valence-electron chi connectivity index (χ1n) is 8.94. The number of fused-ring (bicyclic) bond motifs is 5. The van der Waals surface area contributed by atoms with E-state index in [1.165, 1.54) is 17.5 Å². The average Bonchev–Trinajstić information content (AvgIpc) is 3.15. The second-order valence-electron chi connectivity index (χ2n) is 7.60. The van der Waals surface area contributed by atoms with Crippen LogP contribution in [0.25, 0.3) is 0 Å². The first-order chi connectivity index (χ1) is 11.7. The maximum Gasteiger partial charge on any atom is 0.231 e. The molecule has 0 bridgehead atoms. The lowest BCUT2D eigenvalue weighted by Gasteiger charge is -2.40. The molecule has 1 unspecified atom stereocenters. The third-order valence-corrected chi connectivity index (χ3v) is 6.63. The summed E-state index contributed by atoms with van der Waals surface area (Å²) in [4.78, 5) is 5.80. The van der Waals surface area contributed by atoms with E-state index in [2.05, 4.69) is 36.9 Å². The van der Waals surface area contributed by atoms with Crippen LogP contribution in [0, 0.1) is 5.92 Å². The summed E-state index contributed by atoms with van der Waals surface area (Å²) in [5, 5.41) is 0. The minimum atomic E-state index is 0.361. The van der Waals surface area contributed by atoms with E-state index in [0.717, 1.165) is 43.3 Å². The van der Waals surface area contributed by atoms with Crippen molar-refractivity contribution in [1.29, 1.82) is 0 Å². The van der Waals surface area contributed by atoms with Gasteiger partial charge in [0.25, 0.3) is 0 Å². The summed E-state index contributed by atoms with van der Waals surface area (Å²) in [6, 6.07) is 7.41. The molecule has 1 atom stereocenters. The van der Waals surface area contributed by atoms with Gasteiger partial charge in [0.1, 0.15) is 0 Å². The molecule has 0 saturated heterocycles. The summed E-state index contributed by atoms with van der Waals surface area (Å²) >= 11 is 2.04. The van der Waals surface area contributed by atoms with Gasteiger partial charge in [-0.25, -0.2) is 0 Å². The third kappa shape index (κ3) is 2.35. The lowest BCUT2D eigenvalue weighted by molar-refractivity contribution is 0.162. The fraction of sp³-hybridized carbons (Fsp3) is 0.500. The van der Waals surface area contributed by atoms with Crippen LogP contribution in [0.15, 0.2) is 18.2 Å². The van der Waals surface area contributed by atoms with Gasteiger partial charge in [-0.2, -0.15) is 0 Å². The van der Waals surface area contributed by atoms with E-state index < -0.39 is 0 Å². The first-order valence-corrected chi connectivity index (χ1v) is 9.76. The van der Waals surface area contributed by atoms with Crippen LogP contribution >= 0.6 is 11.3 Å². The molecule has 3 aliphatic heterocycles. The van der Waals surface area contributed by atoms with Crippen molar-refractivity contribution in [2.45, 2.75) is 45.7 Å². The molecule has 1 aromatic heterocycles. The van der Waals surface area contributed by atoms with E-state index in [0.29, 0.717) is 12.8 Å². The van der Waals surface area contributed by atoms with E-state index in [-0.39, 0.29) is 0 Å². The van der Waals surface area contributed by atoms with Crippen molar-refractivity contribution in [3.05, 3.63) is 44.6 Å². The Labute approximate surface area is 147 Å². The molecule has 1 aromatic carbocycles. The molecule has 0 spiro atoms. The molecule has 0 N–H and O–H groups in total. The van der Waals surface area contributed by atoms with Crippen LogP contribution < -0.4 is 9.47 Å². The third-order valence-electron chi connectivity index (χ3n) is 5.41. The predicted molar refractivity (Wildman–Crippen MR) is 96.0 cm³/mol. The summed E-state index contributed by atoms with van der Waals surface area (Å²) in [5.74, 6) is 2.58. The molecule has 3 nitrogen and oxygen atoms in total. The Morgan fingerprint density at radius 2 is 2.00 bits per heavy atom. The zero-order valence-corrected chi connectivity index (χ0v) is 15.1. The standard InChI is InChI=1S/C20H23NO2S/c1-12(2)5-15-6-14-10-21-4-3-13-7-18-19(23-11-22-18)8-16(13)17(21)9-20(14)24-15/h6-8,12,17H,3-5,9-11H2,1-2H3. The van der Waals surface area contributed by atoms with Gasteiger partial charge in [-0.05, 0) is 53.6 Å². The molecule has 0 radical (unpaired) electrons. The van der Waals surface area contributed by atoms with Gasteiger partial charge in [-0.3, -0.25) is 4.90 Å². The monoisotopic (exact) mass is 341 g/mol. The van der Waals surface area contributed by atoms with Crippen LogP contribution in [0.2, 0.25) is 0 Å². The van der Waals surface area contributed by atoms with Gasteiger partial charge in [-0.1, -0.05) is 13.8 Å². The Morgan fingerprint density at radius 1 is 1.17 bits per heavy atom. The van der Waals surface area contributed by atoms with Crippen LogP contribution in [0.5, 0.6) is 11.5 Å². The van der Waals surface area contributed by atoms with Crippen LogP contribution in [-0.4, -0.2) is 18.2 Å². The normalized spacial score (nSPS) is 21.5. The topological polar surface area (TPSA) is 21.7 Å². The molecular weight excluding hydrogens is 318 g/mol. The summed E-state index contributed by atoms with van der Waals surface area (Å²) < 4.78 is 11.2. The van der Waals surface area contributed by atoms with Gasteiger partial charge in [0.2, 0.25) is 6.79 Å². The SMILES string of the molecule is CC(C)Cc1cc2c(s1)CC1c3cc4c(cc3CCN1C2)OCO4. The second-order valence-corrected chi connectivity index (χ2v) is 8.83. The molecule has 0 aliphatic carbocycles. The minimum absolute atomic E-state index is 0.361. The molecule has 4 heteroatoms. The smallest absolute Gasteiger partial charge is 0.231 e. The first kappa shape index (κ1) is 14.8. The molecule has 3 aliphatic rings. The zero-order valence-electron chi connectivity index (χ0n) is 14.3. The maximum atomic E-state index is 5.62. The van der Waals surface area contributed by atoms with Crippen molar-refractivity contribution in [2.24, 2.45) is 5.92 Å². The quantitative estimate of drug-likeness (QED) is 0.811. The summed E-state index contributed by atoms with van der Waals surface area (Å²) in [6.45, 7) is 7.22. The highest BCUT2D eigenvalue weighted by molar-refractivity contribution is 7.12. The highest BCUT2D eigenvalue weighted by atomic mass is 32.1. The molecular formula is C20H23NO2S. The fourth-order valence-electron chi connectivity index (χ4n) is 4.30. The number of thiophene rings is 1. The largest absolute Gasteiger partial charge is 0.454 e. The van der Waals surface area contributed by atoms with Crippen LogP contribution in [-0.2, 0) is 25.8 Å². The Balaban J connectivity index is 1.49. The maximum absolute atomic E-state index is 5.62. The molecule has 2 aromatic rings. The zero-order chi connectivity index (χ0) is 16.3. The fourth-order valence-corrected chi connectivity index (χ4v) is 5.73. The van der Waals surface area contributed by atoms with Crippen LogP contribution in [0.1, 0.15) is 46.3 Å². The number of hydrogen-bond acceptors (Lipinski definition) is 4. The average molecular weight is 341 g/mol. The predicted octanol–water partition coefficient (Wildman–Crippen LogP) is 4.33. The molecule has 24 heavy (non-hydrogen) atoms. The molecule has 0 saturated carbocycles. The van der Waals surface area contributed by atoms with Crippen molar-refractivity contribution < 1.29 is 9.47 Å². The number of rotatable bonds is 2. The number of nitrogens with zero attached hydrogens (tertiary/aromatic N) is 1. The molecule has 5 rings (SSSR count). The van der Waals surface area contributed by atoms with Gasteiger partial charge in [0.15, 0.2) is 11.5 Å². The van der Waals surface area contributed by atoms with E-state index in [4.69, 9.17) is 9.47 Å². The molecule has 0 fully saturated rings. The molecule has 0 amide bonds. The number of ether oxygens (including phenoxy) is 2. The Morgan fingerprint density at radius 3 is 2.83 bits per heavy atom. The van der Waals surface area contributed by atoms with E-state index >= 15 is 0 Å². The molecule has 4 heterocycles. The van der Waals surface area contributed by atoms with Crippen LogP contribution in [0.4, 0.5) is 0 Å². The number of hydrogen-bond donors (Lipinski definition) is 0. The van der Waals surface area contributed by atoms with E-state index in [1.54, 1.807) is 15.3 Å². The van der Waals surface area contributed by atoms with Crippen molar-refractivity contribution in [3.8, 4) is 11.5 Å². The Hall–Kier alpha value is -1.52. The Bertz CT molecular complexity index is 795. The van der Waals surface area contributed by atoms with Crippen molar-refractivity contribution >= 4 is 11.3 Å². The summed E-state index contributed by atoms with van der Waals surface area (Å²) in [7, 11) is 0. The van der Waals surface area contributed by atoms with Gasteiger partial charge in [-0.15, -0.1) is 11.3 Å². The highest BCUT2D eigenvalue weighted by Crippen LogP contribution is 2.45. The minimum Gasteiger partial charge on any atom is -0.454 e. The summed E-state index contributed by atoms with van der Waals surface area (Å²) in [6.07, 6.45) is 3.46. The summed E-state index contributed by atoms with van der Waals surface area (Å²) in [5.41, 5.74) is 4.47.